The number of aliphatic carboxylic acids is 1. The maximum Gasteiger partial charge on any atom is 0.351 e. The molecule has 1 rings (SSSR count). The van der Waals surface area contributed by atoms with Crippen LogP contribution in [-0.4, -0.2) is 11.1 Å². The van der Waals surface area contributed by atoms with Crippen LogP contribution in [0.5, 0.6) is 0 Å². The van der Waals surface area contributed by atoms with Crippen LogP contribution in [0.25, 0.3) is 0 Å². The second-order valence-electron chi connectivity index (χ2n) is 2.61. The predicted molar refractivity (Wildman–Crippen MR) is 46.4 cm³/mol. The summed E-state index contributed by atoms with van der Waals surface area (Å²) in [5.41, 5.74) is 6.11. The third-order valence-corrected chi connectivity index (χ3v) is 1.63. The van der Waals surface area contributed by atoms with Crippen molar-refractivity contribution in [2.75, 3.05) is 0 Å². The highest BCUT2D eigenvalue weighted by Gasteiger charge is 2.02. The van der Waals surface area contributed by atoms with Crippen molar-refractivity contribution in [3.63, 3.8) is 0 Å². The van der Waals surface area contributed by atoms with Crippen molar-refractivity contribution in [3.05, 3.63) is 35.6 Å². The van der Waals surface area contributed by atoms with Gasteiger partial charge in [-0.2, -0.15) is 0 Å². The van der Waals surface area contributed by atoms with Gasteiger partial charge >= 0.3 is 5.97 Å². The topological polar surface area (TPSA) is 63.3 Å². The largest absolute Gasteiger partial charge is 0.477 e. The van der Waals surface area contributed by atoms with Gasteiger partial charge in [0.15, 0.2) is 0 Å². The van der Waals surface area contributed by atoms with E-state index < -0.39 is 5.97 Å². The minimum absolute atomic E-state index is 0.100. The fourth-order valence-corrected chi connectivity index (χ4v) is 1.00. The van der Waals surface area contributed by atoms with E-state index in [0.717, 1.165) is 18.4 Å². The summed E-state index contributed by atoms with van der Waals surface area (Å²) in [6.07, 6.45) is 9.14. The SMILES string of the molecule is N/C(=C\C1=CC=CCC1)C(=O)O. The molecule has 0 spiro atoms. The molecule has 0 saturated carbocycles. The van der Waals surface area contributed by atoms with E-state index in [0.29, 0.717) is 0 Å². The zero-order chi connectivity index (χ0) is 8.97. The summed E-state index contributed by atoms with van der Waals surface area (Å²) >= 11 is 0. The minimum Gasteiger partial charge on any atom is -0.477 e. The van der Waals surface area contributed by atoms with Crippen LogP contribution in [0.1, 0.15) is 12.8 Å². The van der Waals surface area contributed by atoms with Crippen LogP contribution < -0.4 is 5.73 Å². The van der Waals surface area contributed by atoms with Crippen molar-refractivity contribution in [2.24, 2.45) is 5.73 Å². The first-order valence-electron chi connectivity index (χ1n) is 3.76. The smallest absolute Gasteiger partial charge is 0.351 e. The number of carboxylic acids is 1. The van der Waals surface area contributed by atoms with Gasteiger partial charge in [-0.1, -0.05) is 18.2 Å². The zero-order valence-electron chi connectivity index (χ0n) is 6.66. The molecule has 0 fully saturated rings. The Morgan fingerprint density at radius 2 is 2.42 bits per heavy atom. The Morgan fingerprint density at radius 1 is 1.67 bits per heavy atom. The van der Waals surface area contributed by atoms with Crippen LogP contribution in [0.4, 0.5) is 0 Å². The fraction of sp³-hybridized carbons (Fsp3) is 0.222. The van der Waals surface area contributed by atoms with E-state index in [2.05, 4.69) is 0 Å². The lowest BCUT2D eigenvalue weighted by atomic mass is 10.0. The summed E-state index contributed by atoms with van der Waals surface area (Å²) in [5.74, 6) is -1.06. The van der Waals surface area contributed by atoms with Crippen LogP contribution in [0.2, 0.25) is 0 Å². The van der Waals surface area contributed by atoms with E-state index >= 15 is 0 Å². The number of carbonyl (C=O) groups is 1. The average Bonchev–Trinajstić information content (AvgIpc) is 2.06. The molecule has 0 unspecified atom stereocenters. The Kier molecular flexibility index (Phi) is 2.69. The Morgan fingerprint density at radius 3 is 2.92 bits per heavy atom. The fourth-order valence-electron chi connectivity index (χ4n) is 1.00. The van der Waals surface area contributed by atoms with E-state index in [1.807, 2.05) is 18.2 Å². The van der Waals surface area contributed by atoms with Crippen LogP contribution >= 0.6 is 0 Å². The van der Waals surface area contributed by atoms with Gasteiger partial charge in [0, 0.05) is 0 Å². The molecule has 0 heterocycles. The van der Waals surface area contributed by atoms with Crippen LogP contribution in [0, 0.1) is 0 Å². The molecule has 0 aliphatic heterocycles. The predicted octanol–water partition coefficient (Wildman–Crippen LogP) is 1.19. The summed E-state index contributed by atoms with van der Waals surface area (Å²) < 4.78 is 0. The van der Waals surface area contributed by atoms with Gasteiger partial charge in [-0.05, 0) is 24.5 Å². The maximum atomic E-state index is 10.3. The average molecular weight is 165 g/mol. The third-order valence-electron chi connectivity index (χ3n) is 1.63. The third kappa shape index (κ3) is 2.27. The van der Waals surface area contributed by atoms with Crippen LogP contribution in [0.3, 0.4) is 0 Å². The molecule has 0 saturated heterocycles. The number of nitrogens with two attached hydrogens (primary N) is 1. The van der Waals surface area contributed by atoms with E-state index in [4.69, 9.17) is 10.8 Å². The molecule has 1 aliphatic carbocycles. The number of rotatable bonds is 2. The molecular formula is C9H11NO2. The molecule has 3 heteroatoms. The van der Waals surface area contributed by atoms with E-state index in [9.17, 15) is 4.79 Å². The van der Waals surface area contributed by atoms with Gasteiger partial charge in [0.25, 0.3) is 0 Å². The summed E-state index contributed by atoms with van der Waals surface area (Å²) in [5, 5.41) is 8.47. The zero-order valence-corrected chi connectivity index (χ0v) is 6.66. The van der Waals surface area contributed by atoms with E-state index in [1.54, 1.807) is 0 Å². The van der Waals surface area contributed by atoms with Gasteiger partial charge < -0.3 is 10.8 Å². The van der Waals surface area contributed by atoms with Gasteiger partial charge in [0.1, 0.15) is 5.70 Å². The van der Waals surface area contributed by atoms with Crippen molar-refractivity contribution in [1.82, 2.24) is 0 Å². The first kappa shape index (κ1) is 8.59. The van der Waals surface area contributed by atoms with Crippen LogP contribution in [0.15, 0.2) is 35.6 Å². The Bertz CT molecular complexity index is 274. The van der Waals surface area contributed by atoms with Crippen LogP contribution in [-0.2, 0) is 4.79 Å². The second-order valence-corrected chi connectivity index (χ2v) is 2.61. The van der Waals surface area contributed by atoms with Gasteiger partial charge in [0.2, 0.25) is 0 Å². The van der Waals surface area contributed by atoms with Gasteiger partial charge in [-0.3, -0.25) is 0 Å². The van der Waals surface area contributed by atoms with E-state index in [1.165, 1.54) is 6.08 Å². The van der Waals surface area contributed by atoms with Crippen molar-refractivity contribution in [3.8, 4) is 0 Å². The maximum absolute atomic E-state index is 10.3. The summed E-state index contributed by atoms with van der Waals surface area (Å²) in [4.78, 5) is 10.3. The molecule has 0 amide bonds. The minimum atomic E-state index is -1.06. The van der Waals surface area contributed by atoms with E-state index in [-0.39, 0.29) is 5.70 Å². The van der Waals surface area contributed by atoms with Crippen molar-refractivity contribution >= 4 is 5.97 Å². The second kappa shape index (κ2) is 3.76. The number of carboxylic acid groups (broad SMARTS) is 1. The van der Waals surface area contributed by atoms with Gasteiger partial charge in [-0.25, -0.2) is 4.79 Å². The lowest BCUT2D eigenvalue weighted by molar-refractivity contribution is -0.132. The molecule has 0 aromatic heterocycles. The molecule has 0 atom stereocenters. The molecule has 3 nitrogen and oxygen atoms in total. The molecule has 12 heavy (non-hydrogen) atoms. The summed E-state index contributed by atoms with van der Waals surface area (Å²) in [6, 6.07) is 0. The quantitative estimate of drug-likeness (QED) is 0.604. The first-order chi connectivity index (χ1) is 5.70. The molecule has 0 radical (unpaired) electrons. The number of hydrogen-bond acceptors (Lipinski definition) is 2. The summed E-state index contributed by atoms with van der Waals surface area (Å²) in [6.45, 7) is 0. The van der Waals surface area contributed by atoms with Crippen molar-refractivity contribution < 1.29 is 9.90 Å². The van der Waals surface area contributed by atoms with Gasteiger partial charge in [0.05, 0.1) is 0 Å². The van der Waals surface area contributed by atoms with Crippen molar-refractivity contribution in [1.29, 1.82) is 0 Å². The summed E-state index contributed by atoms with van der Waals surface area (Å²) in [7, 11) is 0. The monoisotopic (exact) mass is 165 g/mol. The molecular weight excluding hydrogens is 154 g/mol. The molecule has 64 valence electrons. The Hall–Kier alpha value is -1.51. The molecule has 3 N–H and O–H groups in total. The molecule has 1 aliphatic rings. The lowest BCUT2D eigenvalue weighted by Gasteiger charge is -2.03. The highest BCUT2D eigenvalue weighted by molar-refractivity contribution is 5.86. The number of hydrogen-bond donors (Lipinski definition) is 2. The highest BCUT2D eigenvalue weighted by Crippen LogP contribution is 2.13. The normalized spacial score (nSPS) is 17.3. The highest BCUT2D eigenvalue weighted by atomic mass is 16.4. The Balaban J connectivity index is 2.72. The molecule has 0 aromatic rings. The Labute approximate surface area is 70.9 Å². The van der Waals surface area contributed by atoms with Crippen molar-refractivity contribution in [2.45, 2.75) is 12.8 Å². The molecule has 0 bridgehead atoms. The van der Waals surface area contributed by atoms with Gasteiger partial charge in [-0.15, -0.1) is 0 Å². The lowest BCUT2D eigenvalue weighted by Crippen LogP contribution is -2.10. The first-order valence-corrected chi connectivity index (χ1v) is 3.76. The number of allylic oxidation sites excluding steroid dienone is 5. The molecule has 0 aromatic carbocycles. The standard InChI is InChI=1S/C9H11NO2/c10-8(9(11)12)6-7-4-2-1-3-5-7/h1-2,4,6H,3,5,10H2,(H,11,12)/b8-6-.